The normalized spacial score (nSPS) is 12.0. The summed E-state index contributed by atoms with van der Waals surface area (Å²) in [6.07, 6.45) is 4.02. The van der Waals surface area contributed by atoms with Gasteiger partial charge in [-0.1, -0.05) is 57.2 Å². The number of nitrogens with one attached hydrogen (secondary N) is 2. The molecule has 1 heterocycles. The van der Waals surface area contributed by atoms with Gasteiger partial charge in [-0.05, 0) is 47.7 Å². The van der Waals surface area contributed by atoms with Crippen molar-refractivity contribution in [2.45, 2.75) is 33.1 Å². The van der Waals surface area contributed by atoms with Crippen LogP contribution < -0.4 is 31.4 Å². The topological polar surface area (TPSA) is 175 Å². The van der Waals surface area contributed by atoms with Crippen molar-refractivity contribution in [1.29, 1.82) is 0 Å². The number of hydrogen-bond donors (Lipinski definition) is 4. The zero-order chi connectivity index (χ0) is 34.0. The number of nitrogens with zero attached hydrogens (tertiary/aromatic N) is 3. The summed E-state index contributed by atoms with van der Waals surface area (Å²) in [6.45, 7) is 7.75. The summed E-state index contributed by atoms with van der Waals surface area (Å²) in [5, 5.41) is 4.15. The Kier molecular flexibility index (Phi) is 9.59. The van der Waals surface area contributed by atoms with Crippen LogP contribution in [0.3, 0.4) is 0 Å². The number of aryl methyl sites for hydroxylation is 1. The van der Waals surface area contributed by atoms with E-state index < -0.39 is 15.9 Å². The van der Waals surface area contributed by atoms with Gasteiger partial charge in [-0.25, -0.2) is 19.2 Å². The molecule has 0 atom stereocenters. The van der Waals surface area contributed by atoms with Gasteiger partial charge < -0.3 is 20.4 Å². The lowest BCUT2D eigenvalue weighted by atomic mass is 9.86. The van der Waals surface area contributed by atoms with Crippen molar-refractivity contribution >= 4 is 44.5 Å². The third kappa shape index (κ3) is 7.56. The van der Waals surface area contributed by atoms with Crippen LogP contribution in [0.4, 0.5) is 17.1 Å². The van der Waals surface area contributed by atoms with Crippen molar-refractivity contribution < 1.29 is 22.7 Å². The number of ether oxygens (including phenoxy) is 1. The molecule has 0 aliphatic heterocycles. The largest absolute Gasteiger partial charge is 0.492 e. The lowest BCUT2D eigenvalue weighted by molar-refractivity contribution is 0.101. The molecule has 0 saturated heterocycles. The minimum atomic E-state index is -3.64. The van der Waals surface area contributed by atoms with Crippen LogP contribution in [0.2, 0.25) is 0 Å². The highest BCUT2D eigenvalue weighted by atomic mass is 32.2. The molecule has 6 N–H and O–H groups in total. The standard InChI is InChI=1S/C33H39N7O5S/c1-20-13-14-22(32(42)37-25-16-23(33(2,3)4)17-26(30(25)45-6)38-46(7,43)44)15-27(20)40(35)19-24(34)28-18-36-31(39(28)5)29(41)21-11-9-8-10-12-21/h8-19,38H,34-35H2,1-7H3,(H,37,42)/b24-19-. The first-order chi connectivity index (χ1) is 21.5. The number of hydrogen-bond acceptors (Lipinski definition) is 9. The van der Waals surface area contributed by atoms with E-state index in [0.29, 0.717) is 22.6 Å². The van der Waals surface area contributed by atoms with Gasteiger partial charge in [-0.15, -0.1) is 0 Å². The molecule has 242 valence electrons. The Morgan fingerprint density at radius 2 is 1.67 bits per heavy atom. The van der Waals surface area contributed by atoms with Crippen LogP contribution >= 0.6 is 0 Å². The van der Waals surface area contributed by atoms with E-state index in [1.807, 2.05) is 33.8 Å². The van der Waals surface area contributed by atoms with Gasteiger partial charge in [0.1, 0.15) is 0 Å². The van der Waals surface area contributed by atoms with Crippen LogP contribution in [0.25, 0.3) is 5.70 Å². The Hall–Kier alpha value is -5.14. The average Bonchev–Trinajstić information content (AvgIpc) is 3.37. The minimum absolute atomic E-state index is 0.163. The van der Waals surface area contributed by atoms with E-state index in [0.717, 1.165) is 17.4 Å². The summed E-state index contributed by atoms with van der Waals surface area (Å²) < 4.78 is 33.8. The van der Waals surface area contributed by atoms with Gasteiger partial charge in [-0.3, -0.25) is 19.3 Å². The van der Waals surface area contributed by atoms with Gasteiger partial charge in [-0.2, -0.15) is 0 Å². The Bertz CT molecular complexity index is 1930. The predicted molar refractivity (Wildman–Crippen MR) is 181 cm³/mol. The first kappa shape index (κ1) is 33.7. The Balaban J connectivity index is 1.64. The van der Waals surface area contributed by atoms with Crippen LogP contribution in [-0.4, -0.2) is 43.0 Å². The molecule has 46 heavy (non-hydrogen) atoms. The highest BCUT2D eigenvalue weighted by Crippen LogP contribution is 2.39. The molecule has 1 aromatic heterocycles. The average molecular weight is 646 g/mol. The SMILES string of the molecule is COc1c(NC(=O)c2ccc(C)c(N(N)/C=C(\N)c3cnc(C(=O)c4ccccc4)n3C)c2)cc(C(C)(C)C)cc1NS(C)(=O)=O. The van der Waals surface area contributed by atoms with Gasteiger partial charge in [0.25, 0.3) is 5.91 Å². The van der Waals surface area contributed by atoms with E-state index in [9.17, 15) is 18.0 Å². The van der Waals surface area contributed by atoms with E-state index in [1.165, 1.54) is 24.5 Å². The number of nitrogens with two attached hydrogens (primary N) is 2. The summed E-state index contributed by atoms with van der Waals surface area (Å²) in [6, 6.07) is 17.3. The second kappa shape index (κ2) is 13.1. The maximum Gasteiger partial charge on any atom is 0.255 e. The monoisotopic (exact) mass is 645 g/mol. The van der Waals surface area contributed by atoms with Crippen LogP contribution in [-0.2, 0) is 22.5 Å². The molecule has 0 spiro atoms. The fourth-order valence-corrected chi connectivity index (χ4v) is 5.32. The van der Waals surface area contributed by atoms with Gasteiger partial charge in [0.15, 0.2) is 11.6 Å². The highest BCUT2D eigenvalue weighted by molar-refractivity contribution is 7.92. The number of ketones is 1. The lowest BCUT2D eigenvalue weighted by Gasteiger charge is -2.24. The number of aromatic nitrogens is 2. The number of carbonyl (C=O) groups is 2. The smallest absolute Gasteiger partial charge is 0.255 e. The second-order valence-electron chi connectivity index (χ2n) is 11.9. The molecule has 4 aromatic rings. The molecule has 12 nitrogen and oxygen atoms in total. The highest BCUT2D eigenvalue weighted by Gasteiger charge is 2.23. The Labute approximate surface area is 269 Å². The molecule has 0 saturated carbocycles. The summed E-state index contributed by atoms with van der Waals surface area (Å²) in [5.74, 6) is 6.08. The number of carbonyl (C=O) groups excluding carboxylic acids is 2. The van der Waals surface area contributed by atoms with E-state index in [1.54, 1.807) is 66.2 Å². The lowest BCUT2D eigenvalue weighted by Crippen LogP contribution is -2.27. The minimum Gasteiger partial charge on any atom is -0.492 e. The summed E-state index contributed by atoms with van der Waals surface area (Å²) in [5.41, 5.74) is 10.1. The van der Waals surface area contributed by atoms with Gasteiger partial charge in [0, 0.05) is 24.4 Å². The quantitative estimate of drug-likeness (QED) is 0.110. The molecule has 0 bridgehead atoms. The van der Waals surface area contributed by atoms with Crippen molar-refractivity contribution in [1.82, 2.24) is 9.55 Å². The Morgan fingerprint density at radius 3 is 2.28 bits per heavy atom. The molecule has 3 aromatic carbocycles. The van der Waals surface area contributed by atoms with Crippen molar-refractivity contribution in [2.75, 3.05) is 28.4 Å². The van der Waals surface area contributed by atoms with Gasteiger partial charge in [0.2, 0.25) is 15.8 Å². The number of sulfonamides is 1. The molecular weight excluding hydrogens is 606 g/mol. The van der Waals surface area contributed by atoms with Crippen molar-refractivity contribution in [2.24, 2.45) is 18.6 Å². The van der Waals surface area contributed by atoms with Crippen LogP contribution in [0.1, 0.15) is 64.1 Å². The van der Waals surface area contributed by atoms with E-state index in [-0.39, 0.29) is 39.7 Å². The maximum atomic E-state index is 13.5. The molecule has 4 rings (SSSR count). The summed E-state index contributed by atoms with van der Waals surface area (Å²) >= 11 is 0. The van der Waals surface area contributed by atoms with E-state index in [2.05, 4.69) is 15.0 Å². The second-order valence-corrected chi connectivity index (χ2v) is 13.6. The number of anilines is 3. The summed E-state index contributed by atoms with van der Waals surface area (Å²) in [4.78, 5) is 30.8. The number of methoxy groups -OCH3 is 1. The molecule has 13 heteroatoms. The molecule has 0 radical (unpaired) electrons. The van der Waals surface area contributed by atoms with Crippen LogP contribution in [0, 0.1) is 6.92 Å². The van der Waals surface area contributed by atoms with Crippen molar-refractivity contribution in [3.8, 4) is 5.75 Å². The van der Waals surface area contributed by atoms with Gasteiger partial charge >= 0.3 is 0 Å². The Morgan fingerprint density at radius 1 is 1.02 bits per heavy atom. The number of hydrazine groups is 1. The molecule has 0 aliphatic rings. The maximum absolute atomic E-state index is 13.5. The molecule has 0 fully saturated rings. The number of rotatable bonds is 10. The third-order valence-corrected chi connectivity index (χ3v) is 7.84. The third-order valence-electron chi connectivity index (χ3n) is 7.25. The van der Waals surface area contributed by atoms with Crippen molar-refractivity contribution in [3.63, 3.8) is 0 Å². The molecular formula is C33H39N7O5S. The predicted octanol–water partition coefficient (Wildman–Crippen LogP) is 4.53. The number of imidazole rings is 1. The fraction of sp³-hybridized carbons (Fsp3) is 0.242. The zero-order valence-electron chi connectivity index (χ0n) is 26.9. The van der Waals surface area contributed by atoms with Gasteiger partial charge in [0.05, 0.1) is 48.0 Å². The molecule has 0 aliphatic carbocycles. The van der Waals surface area contributed by atoms with Crippen LogP contribution in [0.15, 0.2) is 73.1 Å². The van der Waals surface area contributed by atoms with Crippen molar-refractivity contribution in [3.05, 3.63) is 107 Å². The number of amides is 1. The fourth-order valence-electron chi connectivity index (χ4n) is 4.77. The van der Waals surface area contributed by atoms with E-state index in [4.69, 9.17) is 16.3 Å². The number of benzene rings is 3. The van der Waals surface area contributed by atoms with Crippen LogP contribution in [0.5, 0.6) is 5.75 Å². The summed E-state index contributed by atoms with van der Waals surface area (Å²) in [7, 11) is -0.554. The first-order valence-corrected chi connectivity index (χ1v) is 16.1. The molecule has 0 unspecified atom stereocenters. The van der Waals surface area contributed by atoms with E-state index >= 15 is 0 Å². The first-order valence-electron chi connectivity index (χ1n) is 14.3. The zero-order valence-corrected chi connectivity index (χ0v) is 27.7. The molecule has 1 amide bonds.